The lowest BCUT2D eigenvalue weighted by Crippen LogP contribution is -2.37. The molecule has 0 aliphatic heterocycles. The van der Waals surface area contributed by atoms with Gasteiger partial charge in [-0.1, -0.05) is 0 Å². The monoisotopic (exact) mass is 168 g/mol. The van der Waals surface area contributed by atoms with Gasteiger partial charge in [-0.25, -0.2) is 0 Å². The molecule has 0 bridgehead atoms. The van der Waals surface area contributed by atoms with E-state index in [9.17, 15) is 10.4 Å². The third-order valence-electron chi connectivity index (χ3n) is 1.71. The lowest BCUT2D eigenvalue weighted by molar-refractivity contribution is -0.611. The predicted molar refractivity (Wildman–Crippen MR) is 47.1 cm³/mol. The highest BCUT2D eigenvalue weighted by Gasteiger charge is 2.11. The van der Waals surface area contributed by atoms with Crippen LogP contribution < -0.4 is 9.38 Å². The van der Waals surface area contributed by atoms with Crippen molar-refractivity contribution in [2.45, 2.75) is 6.92 Å². The number of hydrogen-bond acceptors (Lipinski definition) is 2. The van der Waals surface area contributed by atoms with Gasteiger partial charge in [-0.2, -0.15) is 4.73 Å². The summed E-state index contributed by atoms with van der Waals surface area (Å²) in [7, 11) is 2.95. The normalized spacial score (nSPS) is 11.7. The van der Waals surface area contributed by atoms with Crippen molar-refractivity contribution in [1.29, 1.82) is 0 Å². The molecular weight excluding hydrogens is 156 g/mol. The molecule has 0 saturated carbocycles. The molecule has 0 fully saturated rings. The van der Waals surface area contributed by atoms with Crippen LogP contribution in [0.2, 0.25) is 0 Å². The van der Waals surface area contributed by atoms with Crippen molar-refractivity contribution in [2.75, 3.05) is 14.1 Å². The Labute approximate surface area is 71.4 Å². The second kappa shape index (κ2) is 2.73. The van der Waals surface area contributed by atoms with Gasteiger partial charge in [-0.3, -0.25) is 0 Å². The van der Waals surface area contributed by atoms with Crippen molar-refractivity contribution in [1.82, 2.24) is 4.65 Å². The molecule has 1 aromatic heterocycles. The first-order valence-electron chi connectivity index (χ1n) is 3.66. The number of hydrogen-bond donors (Lipinski definition) is 0. The fourth-order valence-corrected chi connectivity index (χ4v) is 0.863. The Bertz CT molecular complexity index is 292. The maximum absolute atomic E-state index is 11.4. The number of aryl methyl sites for hydroxylation is 1. The van der Waals surface area contributed by atoms with Gasteiger partial charge in [0.25, 0.3) is 0 Å². The van der Waals surface area contributed by atoms with E-state index in [1.54, 1.807) is 19.1 Å². The Morgan fingerprint density at radius 1 is 1.33 bits per heavy atom. The first-order valence-corrected chi connectivity index (χ1v) is 3.66. The van der Waals surface area contributed by atoms with Crippen LogP contribution in [-0.4, -0.2) is 14.1 Å². The summed E-state index contributed by atoms with van der Waals surface area (Å²) in [4.78, 5) is 0. The summed E-state index contributed by atoms with van der Waals surface area (Å²) in [5.41, 5.74) is 1.04. The van der Waals surface area contributed by atoms with E-state index in [0.29, 0.717) is 16.1 Å². The Hall–Kier alpha value is -1.13. The van der Waals surface area contributed by atoms with E-state index in [1.807, 2.05) is 0 Å². The van der Waals surface area contributed by atoms with Crippen molar-refractivity contribution in [3.63, 3.8) is 0 Å². The molecule has 0 aromatic carbocycles. The fraction of sp³-hybridized carbons (Fsp3) is 0.375. The zero-order chi connectivity index (χ0) is 9.35. The minimum atomic E-state index is -0.581. The van der Waals surface area contributed by atoms with Crippen molar-refractivity contribution in [3.8, 4) is 0 Å². The van der Waals surface area contributed by atoms with Gasteiger partial charge in [-0.05, 0) is 0 Å². The van der Waals surface area contributed by atoms with Gasteiger partial charge in [0.15, 0.2) is 11.4 Å². The van der Waals surface area contributed by atoms with E-state index >= 15 is 0 Å². The summed E-state index contributed by atoms with van der Waals surface area (Å²) in [5.74, 6) is 0. The molecule has 0 aliphatic carbocycles. The molecule has 0 radical (unpaired) electrons. The van der Waals surface area contributed by atoms with E-state index in [0.717, 1.165) is 0 Å². The first-order chi connectivity index (χ1) is 5.41. The standard InChI is InChI=1S/C8H12N2O2/c1-7-4-5-8(6-9(7)11)10(2,3)12/h4-6H,1-3H3. The zero-order valence-electron chi connectivity index (χ0n) is 7.44. The lowest BCUT2D eigenvalue weighted by Gasteiger charge is -2.31. The van der Waals surface area contributed by atoms with Crippen molar-refractivity contribution in [3.05, 3.63) is 34.4 Å². The average Bonchev–Trinajstić information content (AvgIpc) is 1.92. The molecule has 0 spiro atoms. The number of quaternary nitrogens is 1. The summed E-state index contributed by atoms with van der Waals surface area (Å²) in [5, 5.41) is 22.4. The highest BCUT2D eigenvalue weighted by molar-refractivity contribution is 5.38. The molecular formula is C8H12N2O2. The smallest absolute Gasteiger partial charge is 0.242 e. The van der Waals surface area contributed by atoms with Crippen molar-refractivity contribution >= 4 is 5.69 Å². The molecule has 1 heterocycles. The number of hydroxylamine groups is 2. The van der Waals surface area contributed by atoms with Crippen molar-refractivity contribution in [2.24, 2.45) is 0 Å². The van der Waals surface area contributed by atoms with Crippen LogP contribution in [0.1, 0.15) is 5.69 Å². The molecule has 1 aromatic rings. The molecule has 0 saturated heterocycles. The van der Waals surface area contributed by atoms with Gasteiger partial charge >= 0.3 is 0 Å². The van der Waals surface area contributed by atoms with E-state index in [4.69, 9.17) is 0 Å². The Balaban J connectivity index is 3.14. The van der Waals surface area contributed by atoms with Gasteiger partial charge in [0.1, 0.15) is 0 Å². The summed E-state index contributed by atoms with van der Waals surface area (Å²) in [6.45, 7) is 1.70. The molecule has 12 heavy (non-hydrogen) atoms. The quantitative estimate of drug-likeness (QED) is 0.268. The van der Waals surface area contributed by atoms with E-state index in [2.05, 4.69) is 0 Å². The first kappa shape index (κ1) is 8.96. The second-order valence-corrected chi connectivity index (χ2v) is 3.21. The molecule has 0 unspecified atom stereocenters. The van der Waals surface area contributed by atoms with Crippen molar-refractivity contribution < 1.29 is 4.73 Å². The zero-order valence-corrected chi connectivity index (χ0v) is 7.44. The largest absolute Gasteiger partial charge is 0.628 e. The number of aromatic nitrogens is 1. The molecule has 4 nitrogen and oxygen atoms in total. The minimum Gasteiger partial charge on any atom is -0.628 e. The molecule has 0 amide bonds. The van der Waals surface area contributed by atoms with E-state index in [-0.39, 0.29) is 0 Å². The van der Waals surface area contributed by atoms with Crippen LogP contribution in [0.25, 0.3) is 0 Å². The third kappa shape index (κ3) is 1.72. The Morgan fingerprint density at radius 3 is 2.33 bits per heavy atom. The molecule has 4 heteroatoms. The summed E-state index contributed by atoms with van der Waals surface area (Å²) < 4.78 is 0.121. The molecule has 66 valence electrons. The maximum atomic E-state index is 11.4. The third-order valence-corrected chi connectivity index (χ3v) is 1.71. The number of nitrogens with zero attached hydrogens (tertiary/aromatic N) is 2. The van der Waals surface area contributed by atoms with Gasteiger partial charge in [0, 0.05) is 19.1 Å². The molecule has 1 rings (SSSR count). The highest BCUT2D eigenvalue weighted by atomic mass is 16.5. The fourth-order valence-electron chi connectivity index (χ4n) is 0.863. The Kier molecular flexibility index (Phi) is 2.04. The van der Waals surface area contributed by atoms with Gasteiger partial charge < -0.3 is 15.1 Å². The van der Waals surface area contributed by atoms with E-state index < -0.39 is 4.65 Å². The van der Waals surface area contributed by atoms with Crippen LogP contribution in [0.3, 0.4) is 0 Å². The highest BCUT2D eigenvalue weighted by Crippen LogP contribution is 2.14. The molecule has 0 N–H and O–H groups in total. The average molecular weight is 168 g/mol. The van der Waals surface area contributed by atoms with Gasteiger partial charge in [0.2, 0.25) is 6.20 Å². The van der Waals surface area contributed by atoms with E-state index in [1.165, 1.54) is 20.3 Å². The van der Waals surface area contributed by atoms with Gasteiger partial charge in [0.05, 0.1) is 14.1 Å². The molecule has 0 aliphatic rings. The number of pyridine rings is 1. The van der Waals surface area contributed by atoms with Gasteiger partial charge in [-0.15, -0.1) is 0 Å². The predicted octanol–water partition coefficient (Wildman–Crippen LogP) is 0.693. The van der Waals surface area contributed by atoms with Crippen LogP contribution >= 0.6 is 0 Å². The summed E-state index contributed by atoms with van der Waals surface area (Å²) in [6.07, 6.45) is 1.31. The summed E-state index contributed by atoms with van der Waals surface area (Å²) in [6, 6.07) is 3.30. The minimum absolute atomic E-state index is 0.454. The van der Waals surface area contributed by atoms with Crippen LogP contribution in [0.4, 0.5) is 5.69 Å². The maximum Gasteiger partial charge on any atom is 0.242 e. The molecule has 0 atom stereocenters. The lowest BCUT2D eigenvalue weighted by atomic mass is 10.3. The Morgan fingerprint density at radius 2 is 1.92 bits per heavy atom. The topological polar surface area (TPSA) is 50.0 Å². The summed E-state index contributed by atoms with van der Waals surface area (Å²) >= 11 is 0. The van der Waals surface area contributed by atoms with Crippen LogP contribution in [0, 0.1) is 17.3 Å². The number of rotatable bonds is 1. The van der Waals surface area contributed by atoms with Crippen LogP contribution in [0.15, 0.2) is 18.3 Å². The second-order valence-electron chi connectivity index (χ2n) is 3.21. The van der Waals surface area contributed by atoms with Crippen LogP contribution in [0.5, 0.6) is 0 Å². The SMILES string of the molecule is Cc1ccc([N+](C)(C)[O-])c[n+]1[O-]. The van der Waals surface area contributed by atoms with Crippen LogP contribution in [-0.2, 0) is 0 Å².